The molecule has 0 atom stereocenters. The zero-order valence-electron chi connectivity index (χ0n) is 5.24. The highest BCUT2D eigenvalue weighted by molar-refractivity contribution is 8.09. The molecule has 1 heterocycles. The average Bonchev–Trinajstić information content (AvgIpc) is 1.85. The van der Waals surface area contributed by atoms with Crippen molar-refractivity contribution in [3.8, 4) is 0 Å². The lowest BCUT2D eigenvalue weighted by atomic mass is 10.7. The molecular formula is C4H4Cl2N3OP. The molecule has 0 saturated heterocycles. The third-order valence-electron chi connectivity index (χ3n) is 0.808. The number of anilines is 1. The normalized spacial score (nSPS) is 11.1. The molecule has 0 spiro atoms. The summed E-state index contributed by atoms with van der Waals surface area (Å²) in [6.45, 7) is 0. The molecule has 0 aromatic carbocycles. The van der Waals surface area contributed by atoms with Crippen molar-refractivity contribution in [2.45, 2.75) is 0 Å². The summed E-state index contributed by atoms with van der Waals surface area (Å²) in [6.07, 6.45) is 4.29. The molecule has 11 heavy (non-hydrogen) atoms. The summed E-state index contributed by atoms with van der Waals surface area (Å²) in [7, 11) is 0. The molecule has 1 N–H and O–H groups in total. The summed E-state index contributed by atoms with van der Waals surface area (Å²) in [5.41, 5.74) is 0. The smallest absolute Gasteiger partial charge is 0.296 e. The molecule has 0 aliphatic carbocycles. The van der Waals surface area contributed by atoms with Crippen LogP contribution in [0, 0.1) is 0 Å². The van der Waals surface area contributed by atoms with Gasteiger partial charge in [0.05, 0.1) is 6.20 Å². The van der Waals surface area contributed by atoms with Gasteiger partial charge in [-0.2, -0.15) is 0 Å². The molecule has 0 amide bonds. The second kappa shape index (κ2) is 3.39. The molecule has 0 saturated carbocycles. The predicted molar refractivity (Wildman–Crippen MR) is 45.0 cm³/mol. The standard InChI is InChI=1S/C4H4Cl2N3OP/c5-11(6,10)9-4-3-7-1-2-8-4/h1-3H,(H,8,9,10). The van der Waals surface area contributed by atoms with Crippen molar-refractivity contribution in [3.63, 3.8) is 0 Å². The Morgan fingerprint density at radius 1 is 1.45 bits per heavy atom. The van der Waals surface area contributed by atoms with Crippen LogP contribution < -0.4 is 5.09 Å². The van der Waals surface area contributed by atoms with Crippen LogP contribution in [0.15, 0.2) is 18.6 Å². The van der Waals surface area contributed by atoms with Gasteiger partial charge in [-0.05, 0) is 22.5 Å². The topological polar surface area (TPSA) is 54.9 Å². The van der Waals surface area contributed by atoms with Crippen LogP contribution >= 0.6 is 28.5 Å². The highest BCUT2D eigenvalue weighted by Gasteiger charge is 2.12. The van der Waals surface area contributed by atoms with Gasteiger partial charge in [0, 0.05) is 12.4 Å². The van der Waals surface area contributed by atoms with E-state index in [0.29, 0.717) is 5.82 Å². The highest BCUT2D eigenvalue weighted by atomic mass is 35.9. The monoisotopic (exact) mass is 211 g/mol. The van der Waals surface area contributed by atoms with Gasteiger partial charge in [-0.3, -0.25) is 14.6 Å². The van der Waals surface area contributed by atoms with Crippen molar-refractivity contribution in [1.82, 2.24) is 9.97 Å². The number of halogens is 2. The van der Waals surface area contributed by atoms with Crippen LogP contribution in [0.25, 0.3) is 0 Å². The van der Waals surface area contributed by atoms with Gasteiger partial charge in [-0.15, -0.1) is 0 Å². The fourth-order valence-corrected chi connectivity index (χ4v) is 1.39. The third-order valence-corrected chi connectivity index (χ3v) is 1.80. The minimum atomic E-state index is -3.30. The summed E-state index contributed by atoms with van der Waals surface area (Å²) in [5, 5.41) is 2.29. The van der Waals surface area contributed by atoms with Crippen LogP contribution in [0.1, 0.15) is 0 Å². The van der Waals surface area contributed by atoms with Crippen LogP contribution in [0.2, 0.25) is 0 Å². The van der Waals surface area contributed by atoms with Crippen molar-refractivity contribution < 1.29 is 4.57 Å². The Morgan fingerprint density at radius 2 is 2.18 bits per heavy atom. The van der Waals surface area contributed by atoms with Crippen LogP contribution in [0.4, 0.5) is 5.82 Å². The van der Waals surface area contributed by atoms with Crippen molar-refractivity contribution in [1.29, 1.82) is 0 Å². The zero-order valence-corrected chi connectivity index (χ0v) is 7.64. The van der Waals surface area contributed by atoms with Crippen molar-refractivity contribution in [2.75, 3.05) is 5.09 Å². The van der Waals surface area contributed by atoms with Crippen molar-refractivity contribution >= 4 is 34.3 Å². The van der Waals surface area contributed by atoms with E-state index in [9.17, 15) is 4.57 Å². The van der Waals surface area contributed by atoms with Crippen molar-refractivity contribution in [2.24, 2.45) is 0 Å². The van der Waals surface area contributed by atoms with E-state index in [2.05, 4.69) is 15.1 Å². The first-order chi connectivity index (χ1) is 5.08. The van der Waals surface area contributed by atoms with E-state index in [-0.39, 0.29) is 0 Å². The van der Waals surface area contributed by atoms with E-state index >= 15 is 0 Å². The van der Waals surface area contributed by atoms with E-state index in [1.165, 1.54) is 18.6 Å². The maximum atomic E-state index is 10.7. The molecule has 7 heteroatoms. The largest absolute Gasteiger partial charge is 0.344 e. The second-order valence-corrected chi connectivity index (χ2v) is 6.19. The lowest BCUT2D eigenvalue weighted by Crippen LogP contribution is -1.90. The van der Waals surface area contributed by atoms with Crippen LogP contribution in [0.3, 0.4) is 0 Å². The maximum absolute atomic E-state index is 10.7. The average molecular weight is 212 g/mol. The van der Waals surface area contributed by atoms with E-state index in [4.69, 9.17) is 22.5 Å². The maximum Gasteiger partial charge on any atom is 0.344 e. The first kappa shape index (κ1) is 8.78. The fraction of sp³-hybridized carbons (Fsp3) is 0. The van der Waals surface area contributed by atoms with E-state index in [1.54, 1.807) is 0 Å². The number of aromatic nitrogens is 2. The first-order valence-corrected chi connectivity index (χ1v) is 6.13. The van der Waals surface area contributed by atoms with E-state index in [0.717, 1.165) is 0 Å². The second-order valence-electron chi connectivity index (χ2n) is 1.66. The van der Waals surface area contributed by atoms with Crippen molar-refractivity contribution in [3.05, 3.63) is 18.6 Å². The Balaban J connectivity index is 2.74. The molecule has 0 aliphatic heterocycles. The summed E-state index contributed by atoms with van der Waals surface area (Å²) in [5.74, 6) is -3.00. The van der Waals surface area contributed by atoms with Crippen LogP contribution in [0.5, 0.6) is 0 Å². The zero-order chi connectivity index (χ0) is 8.32. The summed E-state index contributed by atoms with van der Waals surface area (Å²) < 4.78 is 10.7. The van der Waals surface area contributed by atoms with Crippen LogP contribution in [-0.4, -0.2) is 9.97 Å². The quantitative estimate of drug-likeness (QED) is 0.765. The van der Waals surface area contributed by atoms with Crippen LogP contribution in [-0.2, 0) is 4.57 Å². The van der Waals surface area contributed by atoms with Gasteiger partial charge in [-0.25, -0.2) is 4.98 Å². The first-order valence-electron chi connectivity index (χ1n) is 2.61. The molecular weight excluding hydrogens is 208 g/mol. The van der Waals surface area contributed by atoms with E-state index in [1.807, 2.05) is 0 Å². The Labute approximate surface area is 73.0 Å². The Hall–Kier alpha value is -0.310. The van der Waals surface area contributed by atoms with Gasteiger partial charge in [0.15, 0.2) is 5.82 Å². The molecule has 0 radical (unpaired) electrons. The van der Waals surface area contributed by atoms with E-state index < -0.39 is 6.00 Å². The van der Waals surface area contributed by atoms with Gasteiger partial charge in [0.25, 0.3) is 0 Å². The molecule has 0 aliphatic rings. The van der Waals surface area contributed by atoms with Gasteiger partial charge >= 0.3 is 6.00 Å². The summed E-state index contributed by atoms with van der Waals surface area (Å²) >= 11 is 10.4. The van der Waals surface area contributed by atoms with Gasteiger partial charge in [0.2, 0.25) is 0 Å². The van der Waals surface area contributed by atoms with Gasteiger partial charge in [-0.1, -0.05) is 0 Å². The lowest BCUT2D eigenvalue weighted by molar-refractivity contribution is 0.595. The Kier molecular flexibility index (Phi) is 2.71. The number of hydrogen-bond donors (Lipinski definition) is 1. The predicted octanol–water partition coefficient (Wildman–Crippen LogP) is 2.47. The molecule has 0 fully saturated rings. The van der Waals surface area contributed by atoms with Gasteiger partial charge < -0.3 is 0 Å². The SMILES string of the molecule is O=P(Cl)(Cl)Nc1cnccn1. The molecule has 60 valence electrons. The third kappa shape index (κ3) is 3.56. The summed E-state index contributed by atoms with van der Waals surface area (Å²) in [4.78, 5) is 7.45. The number of rotatable bonds is 2. The molecule has 4 nitrogen and oxygen atoms in total. The molecule has 0 unspecified atom stereocenters. The molecule has 1 aromatic rings. The minimum absolute atomic E-state index is 0.292. The Bertz CT molecular complexity index is 274. The molecule has 0 bridgehead atoms. The lowest BCUT2D eigenvalue weighted by Gasteiger charge is -2.02. The number of nitrogens with zero attached hydrogens (tertiary/aromatic N) is 2. The Morgan fingerprint density at radius 3 is 2.64 bits per heavy atom. The van der Waals surface area contributed by atoms with Gasteiger partial charge in [0.1, 0.15) is 0 Å². The highest BCUT2D eigenvalue weighted by Crippen LogP contribution is 2.55. The molecule has 1 rings (SSSR count). The molecule has 1 aromatic heterocycles. The fourth-order valence-electron chi connectivity index (χ4n) is 0.490. The summed E-state index contributed by atoms with van der Waals surface area (Å²) in [6, 6.07) is 0. The number of hydrogen-bond acceptors (Lipinski definition) is 3. The number of nitrogens with one attached hydrogen (secondary N) is 1. The minimum Gasteiger partial charge on any atom is -0.296 e.